The highest BCUT2D eigenvalue weighted by atomic mass is 15.1. The first-order valence-electron chi connectivity index (χ1n) is 7.07. The van der Waals surface area contributed by atoms with Gasteiger partial charge in [-0.05, 0) is 29.8 Å². The highest BCUT2D eigenvalue weighted by Crippen LogP contribution is 2.18. The molecule has 3 aromatic rings. The molecule has 2 aromatic heterocycles. The summed E-state index contributed by atoms with van der Waals surface area (Å²) < 4.78 is 0. The van der Waals surface area contributed by atoms with Crippen molar-refractivity contribution in [3.63, 3.8) is 0 Å². The van der Waals surface area contributed by atoms with E-state index in [-0.39, 0.29) is 0 Å². The highest BCUT2D eigenvalue weighted by Gasteiger charge is 2.04. The van der Waals surface area contributed by atoms with E-state index in [1.807, 2.05) is 30.3 Å². The molecule has 23 heavy (non-hydrogen) atoms. The zero-order chi connectivity index (χ0) is 15.9. The van der Waals surface area contributed by atoms with Gasteiger partial charge in [-0.3, -0.25) is 4.98 Å². The highest BCUT2D eigenvalue weighted by molar-refractivity contribution is 5.63. The second kappa shape index (κ2) is 7.00. The molecule has 3 rings (SSSR count). The summed E-state index contributed by atoms with van der Waals surface area (Å²) in [5.41, 5.74) is 2.29. The van der Waals surface area contributed by atoms with Crippen molar-refractivity contribution >= 4 is 17.5 Å². The molecule has 0 aliphatic rings. The van der Waals surface area contributed by atoms with Gasteiger partial charge in [-0.2, -0.15) is 10.2 Å². The molecule has 0 amide bonds. The summed E-state index contributed by atoms with van der Waals surface area (Å²) in [5, 5.41) is 15.4. The maximum Gasteiger partial charge on any atom is 0.229 e. The first-order valence-corrected chi connectivity index (χ1v) is 7.07. The molecule has 0 spiro atoms. The van der Waals surface area contributed by atoms with Gasteiger partial charge in [0.1, 0.15) is 11.9 Å². The molecule has 2 heterocycles. The van der Waals surface area contributed by atoms with Crippen molar-refractivity contribution in [1.29, 1.82) is 5.26 Å². The van der Waals surface area contributed by atoms with Gasteiger partial charge in [0.05, 0.1) is 11.3 Å². The first-order chi connectivity index (χ1) is 11.3. The molecule has 2 N–H and O–H groups in total. The van der Waals surface area contributed by atoms with Crippen LogP contribution in [0, 0.1) is 11.3 Å². The molecule has 0 aliphatic carbocycles. The van der Waals surface area contributed by atoms with Crippen molar-refractivity contribution in [1.82, 2.24) is 15.0 Å². The Morgan fingerprint density at radius 2 is 1.96 bits per heavy atom. The van der Waals surface area contributed by atoms with Crippen molar-refractivity contribution in [3.8, 4) is 6.07 Å². The van der Waals surface area contributed by atoms with Crippen LogP contribution in [0.15, 0.2) is 61.1 Å². The van der Waals surface area contributed by atoms with Gasteiger partial charge >= 0.3 is 0 Å². The fraction of sp³-hybridized carbons (Fsp3) is 0.0588. The molecule has 6 heteroatoms. The SMILES string of the molecule is N#Cc1ccccc1Nc1nccc(NCc2cccnc2)n1. The largest absolute Gasteiger partial charge is 0.366 e. The number of nitriles is 1. The van der Waals surface area contributed by atoms with Crippen LogP contribution in [-0.4, -0.2) is 15.0 Å². The van der Waals surface area contributed by atoms with Gasteiger partial charge in [0.15, 0.2) is 0 Å². The predicted molar refractivity (Wildman–Crippen MR) is 88.0 cm³/mol. The van der Waals surface area contributed by atoms with E-state index in [4.69, 9.17) is 5.26 Å². The molecule has 0 saturated carbocycles. The Bertz CT molecular complexity index is 826. The summed E-state index contributed by atoms with van der Waals surface area (Å²) in [7, 11) is 0. The third-order valence-electron chi connectivity index (χ3n) is 3.15. The van der Waals surface area contributed by atoms with Crippen molar-refractivity contribution in [2.24, 2.45) is 0 Å². The minimum atomic E-state index is 0.434. The fourth-order valence-electron chi connectivity index (χ4n) is 2.02. The first kappa shape index (κ1) is 14.5. The molecule has 0 saturated heterocycles. The van der Waals surface area contributed by atoms with Gasteiger partial charge in [-0.15, -0.1) is 0 Å². The minimum absolute atomic E-state index is 0.434. The van der Waals surface area contributed by atoms with E-state index in [1.165, 1.54) is 0 Å². The van der Waals surface area contributed by atoms with E-state index >= 15 is 0 Å². The number of anilines is 3. The molecule has 0 atom stereocenters. The third-order valence-corrected chi connectivity index (χ3v) is 3.15. The Hall–Kier alpha value is -3.46. The lowest BCUT2D eigenvalue weighted by molar-refractivity contribution is 1.07. The third kappa shape index (κ3) is 3.80. The van der Waals surface area contributed by atoms with E-state index in [0.29, 0.717) is 29.6 Å². The Labute approximate surface area is 133 Å². The predicted octanol–water partition coefficient (Wildman–Crippen LogP) is 3.10. The number of benzene rings is 1. The normalized spacial score (nSPS) is 9.87. The maximum absolute atomic E-state index is 9.11. The van der Waals surface area contributed by atoms with Crippen molar-refractivity contribution < 1.29 is 0 Å². The monoisotopic (exact) mass is 302 g/mol. The average Bonchev–Trinajstić information content (AvgIpc) is 2.62. The van der Waals surface area contributed by atoms with Crippen molar-refractivity contribution in [2.75, 3.05) is 10.6 Å². The lowest BCUT2D eigenvalue weighted by Crippen LogP contribution is -2.04. The molecule has 0 unspecified atom stereocenters. The number of nitrogens with zero attached hydrogens (tertiary/aromatic N) is 4. The number of nitrogens with one attached hydrogen (secondary N) is 2. The molecule has 0 radical (unpaired) electrons. The quantitative estimate of drug-likeness (QED) is 0.753. The molecule has 0 aliphatic heterocycles. The number of para-hydroxylation sites is 1. The molecular weight excluding hydrogens is 288 g/mol. The van der Waals surface area contributed by atoms with Crippen LogP contribution >= 0.6 is 0 Å². The van der Waals surface area contributed by atoms with Gasteiger partial charge in [-0.25, -0.2) is 4.98 Å². The molecule has 0 fully saturated rings. The van der Waals surface area contributed by atoms with Crippen LogP contribution in [0.4, 0.5) is 17.5 Å². The number of hydrogen-bond donors (Lipinski definition) is 2. The minimum Gasteiger partial charge on any atom is -0.366 e. The number of hydrogen-bond acceptors (Lipinski definition) is 6. The summed E-state index contributed by atoms with van der Waals surface area (Å²) in [6.07, 6.45) is 5.20. The van der Waals surface area contributed by atoms with Gasteiger partial charge < -0.3 is 10.6 Å². The smallest absolute Gasteiger partial charge is 0.229 e. The Morgan fingerprint density at radius 1 is 1.04 bits per heavy atom. The van der Waals surface area contributed by atoms with Crippen LogP contribution in [-0.2, 0) is 6.54 Å². The van der Waals surface area contributed by atoms with Crippen LogP contribution < -0.4 is 10.6 Å². The number of rotatable bonds is 5. The summed E-state index contributed by atoms with van der Waals surface area (Å²) >= 11 is 0. The van der Waals surface area contributed by atoms with E-state index in [0.717, 1.165) is 5.56 Å². The average molecular weight is 302 g/mol. The van der Waals surface area contributed by atoms with Crippen LogP contribution in [0.1, 0.15) is 11.1 Å². The standard InChI is InChI=1S/C17H14N6/c18-10-14-5-1-2-6-15(14)22-17-20-9-7-16(23-17)21-12-13-4-3-8-19-11-13/h1-9,11H,12H2,(H2,20,21,22,23). The topological polar surface area (TPSA) is 86.5 Å². The second-order valence-electron chi connectivity index (χ2n) is 4.76. The van der Waals surface area contributed by atoms with Crippen LogP contribution in [0.3, 0.4) is 0 Å². The number of aromatic nitrogens is 3. The van der Waals surface area contributed by atoms with E-state index < -0.39 is 0 Å². The summed E-state index contributed by atoms with van der Waals surface area (Å²) in [4.78, 5) is 12.7. The summed E-state index contributed by atoms with van der Waals surface area (Å²) in [6.45, 7) is 0.624. The lowest BCUT2D eigenvalue weighted by atomic mass is 10.2. The molecule has 6 nitrogen and oxygen atoms in total. The van der Waals surface area contributed by atoms with E-state index in [2.05, 4.69) is 31.7 Å². The Balaban J connectivity index is 1.71. The molecular formula is C17H14N6. The van der Waals surface area contributed by atoms with E-state index in [1.54, 1.807) is 30.7 Å². The van der Waals surface area contributed by atoms with Crippen molar-refractivity contribution in [2.45, 2.75) is 6.54 Å². The molecule has 0 bridgehead atoms. The van der Waals surface area contributed by atoms with Crippen LogP contribution in [0.25, 0.3) is 0 Å². The van der Waals surface area contributed by atoms with Gasteiger partial charge in [0.2, 0.25) is 5.95 Å². The Morgan fingerprint density at radius 3 is 2.78 bits per heavy atom. The molecule has 112 valence electrons. The van der Waals surface area contributed by atoms with Crippen LogP contribution in [0.2, 0.25) is 0 Å². The maximum atomic E-state index is 9.11. The zero-order valence-electron chi connectivity index (χ0n) is 12.3. The summed E-state index contributed by atoms with van der Waals surface area (Å²) in [6, 6.07) is 15.0. The van der Waals surface area contributed by atoms with Gasteiger partial charge in [0, 0.05) is 25.1 Å². The van der Waals surface area contributed by atoms with E-state index in [9.17, 15) is 0 Å². The van der Waals surface area contributed by atoms with Gasteiger partial charge in [-0.1, -0.05) is 18.2 Å². The summed E-state index contributed by atoms with van der Waals surface area (Å²) in [5.74, 6) is 1.13. The lowest BCUT2D eigenvalue weighted by Gasteiger charge is -2.09. The van der Waals surface area contributed by atoms with Gasteiger partial charge in [0.25, 0.3) is 0 Å². The zero-order valence-corrected chi connectivity index (χ0v) is 12.3. The number of pyridine rings is 1. The second-order valence-corrected chi connectivity index (χ2v) is 4.76. The fourth-order valence-corrected chi connectivity index (χ4v) is 2.02. The Kier molecular flexibility index (Phi) is 4.41. The van der Waals surface area contributed by atoms with Crippen LogP contribution in [0.5, 0.6) is 0 Å². The van der Waals surface area contributed by atoms with Crippen molar-refractivity contribution in [3.05, 3.63) is 72.2 Å². The molecule has 1 aromatic carbocycles.